The molecule has 0 saturated carbocycles. The number of amides is 2. The third kappa shape index (κ3) is 3.98. The van der Waals surface area contributed by atoms with Crippen molar-refractivity contribution in [3.8, 4) is 10.7 Å². The summed E-state index contributed by atoms with van der Waals surface area (Å²) in [6.07, 6.45) is 2.52. The van der Waals surface area contributed by atoms with Gasteiger partial charge in [0, 0.05) is 30.8 Å². The minimum absolute atomic E-state index is 0.124. The van der Waals surface area contributed by atoms with Crippen molar-refractivity contribution < 1.29 is 18.8 Å². The number of hydrogen-bond acceptors (Lipinski definition) is 7. The van der Waals surface area contributed by atoms with Crippen LogP contribution in [-0.4, -0.2) is 53.2 Å². The van der Waals surface area contributed by atoms with Crippen molar-refractivity contribution in [3.05, 3.63) is 53.2 Å². The number of ether oxygens (including phenoxy) is 1. The topological polar surface area (TPSA) is 88.8 Å². The fraction of sp³-hybridized carbons (Fsp3) is 0.364. The lowest BCUT2D eigenvalue weighted by Gasteiger charge is -2.33. The van der Waals surface area contributed by atoms with Crippen LogP contribution in [-0.2, 0) is 9.53 Å². The molecule has 0 radical (unpaired) electrons. The van der Waals surface area contributed by atoms with Crippen molar-refractivity contribution in [2.24, 2.45) is 0 Å². The zero-order valence-electron chi connectivity index (χ0n) is 16.9. The quantitative estimate of drug-likeness (QED) is 0.619. The van der Waals surface area contributed by atoms with E-state index in [4.69, 9.17) is 9.26 Å². The number of carbonyl (C=O) groups is 2. The van der Waals surface area contributed by atoms with Crippen LogP contribution in [0.5, 0.6) is 0 Å². The Morgan fingerprint density at radius 3 is 2.77 bits per heavy atom. The van der Waals surface area contributed by atoms with Crippen LogP contribution in [0.4, 0.5) is 5.69 Å². The SMILES string of the molecule is O=C1CCCCN1c1ccc(C(=O)N2CCOC[C@H]2c2nc(-c3cccs3)no2)cc1. The van der Waals surface area contributed by atoms with Crippen molar-refractivity contribution in [3.63, 3.8) is 0 Å². The molecule has 0 bridgehead atoms. The summed E-state index contributed by atoms with van der Waals surface area (Å²) < 4.78 is 11.1. The Hall–Kier alpha value is -3.04. The summed E-state index contributed by atoms with van der Waals surface area (Å²) >= 11 is 1.53. The number of nitrogens with zero attached hydrogens (tertiary/aromatic N) is 4. The van der Waals surface area contributed by atoms with Gasteiger partial charge in [-0.1, -0.05) is 11.2 Å². The molecule has 0 unspecified atom stereocenters. The molecule has 1 aromatic carbocycles. The molecule has 4 heterocycles. The molecule has 0 aliphatic carbocycles. The van der Waals surface area contributed by atoms with E-state index in [1.165, 1.54) is 11.3 Å². The first-order valence-electron chi connectivity index (χ1n) is 10.4. The molecule has 1 atom stereocenters. The standard InChI is InChI=1S/C22H22N4O4S/c27-19-5-1-2-10-25(19)16-8-6-15(7-9-16)22(28)26-11-12-29-14-17(26)21-23-20(24-30-21)18-4-3-13-31-18/h3-4,6-9,13,17H,1-2,5,10-12,14H2/t17-/m0/s1. The number of hydrogen-bond donors (Lipinski definition) is 0. The summed E-state index contributed by atoms with van der Waals surface area (Å²) in [4.78, 5) is 34.4. The summed E-state index contributed by atoms with van der Waals surface area (Å²) in [5.41, 5.74) is 1.38. The van der Waals surface area contributed by atoms with Gasteiger partial charge in [0.05, 0.1) is 18.1 Å². The van der Waals surface area contributed by atoms with Crippen LogP contribution in [0.15, 0.2) is 46.3 Å². The minimum atomic E-state index is -0.439. The van der Waals surface area contributed by atoms with Crippen LogP contribution < -0.4 is 4.90 Å². The van der Waals surface area contributed by atoms with Crippen LogP contribution in [0.2, 0.25) is 0 Å². The first-order chi connectivity index (χ1) is 15.2. The molecule has 2 saturated heterocycles. The number of morpholine rings is 1. The van der Waals surface area contributed by atoms with Crippen molar-refractivity contribution in [1.29, 1.82) is 0 Å². The van der Waals surface area contributed by atoms with E-state index >= 15 is 0 Å². The Balaban J connectivity index is 1.35. The van der Waals surface area contributed by atoms with Gasteiger partial charge in [-0.2, -0.15) is 4.98 Å². The Bertz CT molecular complexity index is 1060. The number of piperidine rings is 1. The van der Waals surface area contributed by atoms with Crippen molar-refractivity contribution in [2.75, 3.05) is 31.2 Å². The summed E-state index contributed by atoms with van der Waals surface area (Å²) in [6, 6.07) is 10.6. The van der Waals surface area contributed by atoms with E-state index in [0.29, 0.717) is 43.5 Å². The van der Waals surface area contributed by atoms with Gasteiger partial charge < -0.3 is 19.1 Å². The van der Waals surface area contributed by atoms with Crippen molar-refractivity contribution in [1.82, 2.24) is 15.0 Å². The second-order valence-electron chi connectivity index (χ2n) is 7.57. The number of benzene rings is 1. The van der Waals surface area contributed by atoms with Gasteiger partial charge >= 0.3 is 0 Å². The molecule has 9 heteroatoms. The first kappa shape index (κ1) is 19.9. The van der Waals surface area contributed by atoms with Crippen LogP contribution >= 0.6 is 11.3 Å². The van der Waals surface area contributed by atoms with Gasteiger partial charge in [0.25, 0.3) is 11.8 Å². The molecule has 3 aromatic rings. The van der Waals surface area contributed by atoms with E-state index in [1.54, 1.807) is 21.9 Å². The number of aromatic nitrogens is 2. The number of rotatable bonds is 4. The van der Waals surface area contributed by atoms with Gasteiger partial charge in [-0.05, 0) is 48.6 Å². The smallest absolute Gasteiger partial charge is 0.254 e. The fourth-order valence-electron chi connectivity index (χ4n) is 3.96. The Morgan fingerprint density at radius 1 is 1.13 bits per heavy atom. The van der Waals surface area contributed by atoms with Crippen molar-refractivity contribution >= 4 is 28.8 Å². The average Bonchev–Trinajstić information content (AvgIpc) is 3.51. The molecule has 2 aromatic heterocycles. The first-order valence-corrected chi connectivity index (χ1v) is 11.3. The summed E-state index contributed by atoms with van der Waals surface area (Å²) in [6.45, 7) is 1.92. The second kappa shape index (κ2) is 8.60. The normalized spacial score (nSPS) is 19.6. The van der Waals surface area contributed by atoms with Crippen LogP contribution in [0.25, 0.3) is 10.7 Å². The van der Waals surface area contributed by atoms with E-state index in [1.807, 2.05) is 29.6 Å². The minimum Gasteiger partial charge on any atom is -0.377 e. The Morgan fingerprint density at radius 2 is 2.00 bits per heavy atom. The largest absolute Gasteiger partial charge is 0.377 e. The predicted molar refractivity (Wildman–Crippen MR) is 115 cm³/mol. The maximum absolute atomic E-state index is 13.3. The average molecular weight is 439 g/mol. The lowest BCUT2D eigenvalue weighted by molar-refractivity contribution is -0.119. The predicted octanol–water partition coefficient (Wildman–Crippen LogP) is 3.53. The molecule has 8 nitrogen and oxygen atoms in total. The highest BCUT2D eigenvalue weighted by atomic mass is 32.1. The molecule has 2 aliphatic heterocycles. The van der Waals surface area contributed by atoms with Gasteiger partial charge in [-0.3, -0.25) is 9.59 Å². The molecule has 2 aliphatic rings. The highest BCUT2D eigenvalue weighted by Crippen LogP contribution is 2.29. The zero-order valence-corrected chi connectivity index (χ0v) is 17.7. The summed E-state index contributed by atoms with van der Waals surface area (Å²) in [7, 11) is 0. The lowest BCUT2D eigenvalue weighted by atomic mass is 10.1. The maximum Gasteiger partial charge on any atom is 0.254 e. The van der Waals surface area contributed by atoms with Gasteiger partial charge in [0.1, 0.15) is 6.04 Å². The van der Waals surface area contributed by atoms with Crippen LogP contribution in [0.3, 0.4) is 0 Å². The molecule has 160 valence electrons. The Labute approximate surface area is 183 Å². The molecule has 31 heavy (non-hydrogen) atoms. The molecule has 2 fully saturated rings. The highest BCUT2D eigenvalue weighted by Gasteiger charge is 2.34. The van der Waals surface area contributed by atoms with E-state index in [2.05, 4.69) is 10.1 Å². The van der Waals surface area contributed by atoms with E-state index in [0.717, 1.165) is 30.0 Å². The third-order valence-electron chi connectivity index (χ3n) is 5.61. The number of anilines is 1. The summed E-state index contributed by atoms with van der Waals surface area (Å²) in [5, 5.41) is 6.01. The van der Waals surface area contributed by atoms with E-state index in [9.17, 15) is 9.59 Å². The Kier molecular flexibility index (Phi) is 5.52. The van der Waals surface area contributed by atoms with Crippen molar-refractivity contribution in [2.45, 2.75) is 25.3 Å². The zero-order chi connectivity index (χ0) is 21.2. The molecule has 5 rings (SSSR count). The van der Waals surface area contributed by atoms with Gasteiger partial charge in [0.2, 0.25) is 11.7 Å². The van der Waals surface area contributed by atoms with E-state index in [-0.39, 0.29) is 11.8 Å². The van der Waals surface area contributed by atoms with Crippen LogP contribution in [0.1, 0.15) is 41.6 Å². The fourth-order valence-corrected chi connectivity index (χ4v) is 4.61. The number of thiophene rings is 1. The maximum atomic E-state index is 13.3. The molecule has 0 spiro atoms. The molecular weight excluding hydrogens is 416 g/mol. The highest BCUT2D eigenvalue weighted by molar-refractivity contribution is 7.13. The second-order valence-corrected chi connectivity index (χ2v) is 8.52. The van der Waals surface area contributed by atoms with Crippen LogP contribution in [0, 0.1) is 0 Å². The molecule has 2 amide bonds. The monoisotopic (exact) mass is 438 g/mol. The van der Waals surface area contributed by atoms with Gasteiger partial charge in [-0.25, -0.2) is 0 Å². The van der Waals surface area contributed by atoms with Gasteiger partial charge in [-0.15, -0.1) is 11.3 Å². The molecular formula is C22H22N4O4S. The molecule has 0 N–H and O–H groups in total. The lowest BCUT2D eigenvalue weighted by Crippen LogP contribution is -2.43. The third-order valence-corrected chi connectivity index (χ3v) is 6.47. The van der Waals surface area contributed by atoms with E-state index < -0.39 is 6.04 Å². The summed E-state index contributed by atoms with van der Waals surface area (Å²) in [5.74, 6) is 0.891. The number of carbonyl (C=O) groups excluding carboxylic acids is 2. The van der Waals surface area contributed by atoms with Gasteiger partial charge in [0.15, 0.2) is 0 Å².